The fourth-order valence-electron chi connectivity index (χ4n) is 2.68. The fourth-order valence-corrected chi connectivity index (χ4v) is 3.65. The second-order valence-electron chi connectivity index (χ2n) is 6.26. The molecule has 0 radical (unpaired) electrons. The Morgan fingerprint density at radius 1 is 1.14 bits per heavy atom. The van der Waals surface area contributed by atoms with Gasteiger partial charge in [-0.1, -0.05) is 6.07 Å². The number of hydrogen-bond acceptors (Lipinski definition) is 6. The van der Waals surface area contributed by atoms with Crippen molar-refractivity contribution in [2.24, 2.45) is 4.40 Å². The lowest BCUT2D eigenvalue weighted by molar-refractivity contribution is -0.117. The minimum absolute atomic E-state index is 0.0215. The Bertz CT molecular complexity index is 981. The summed E-state index contributed by atoms with van der Waals surface area (Å²) in [5, 5.41) is 14.8. The van der Waals surface area contributed by atoms with E-state index in [-0.39, 0.29) is 29.9 Å². The summed E-state index contributed by atoms with van der Waals surface area (Å²) in [6, 6.07) is 6.05. The monoisotopic (exact) mass is 404 g/mol. The van der Waals surface area contributed by atoms with E-state index in [2.05, 4.69) is 15.0 Å². The molecular formula is C18H20N4O5S. The van der Waals surface area contributed by atoms with E-state index in [0.29, 0.717) is 36.5 Å². The van der Waals surface area contributed by atoms with Gasteiger partial charge in [0.25, 0.3) is 21.8 Å². The topological polar surface area (TPSA) is 128 Å². The van der Waals surface area contributed by atoms with Crippen molar-refractivity contribution in [3.63, 3.8) is 0 Å². The predicted molar refractivity (Wildman–Crippen MR) is 103 cm³/mol. The van der Waals surface area contributed by atoms with Crippen LogP contribution in [0.2, 0.25) is 0 Å². The Morgan fingerprint density at radius 3 is 2.64 bits per heavy atom. The lowest BCUT2D eigenvalue weighted by atomic mass is 10.1. The molecule has 28 heavy (non-hydrogen) atoms. The summed E-state index contributed by atoms with van der Waals surface area (Å²) in [5.41, 5.74) is 0.768. The highest BCUT2D eigenvalue weighted by atomic mass is 32.2. The lowest BCUT2D eigenvalue weighted by Crippen LogP contribution is -2.38. The van der Waals surface area contributed by atoms with E-state index < -0.39 is 10.0 Å². The van der Waals surface area contributed by atoms with Crippen molar-refractivity contribution in [1.29, 1.82) is 0 Å². The minimum Gasteiger partial charge on any atom is -0.508 e. The molecule has 1 aromatic carbocycles. The molecule has 0 unspecified atom stereocenters. The van der Waals surface area contributed by atoms with Crippen molar-refractivity contribution < 1.29 is 23.1 Å². The Morgan fingerprint density at radius 2 is 1.89 bits per heavy atom. The zero-order valence-corrected chi connectivity index (χ0v) is 15.8. The quantitative estimate of drug-likeness (QED) is 0.578. The number of fused-ring (bicyclic) bond motifs is 1. The number of rotatable bonds is 6. The molecule has 0 bridgehead atoms. The molecule has 0 spiro atoms. The van der Waals surface area contributed by atoms with Gasteiger partial charge in [-0.05, 0) is 36.8 Å². The van der Waals surface area contributed by atoms with Gasteiger partial charge in [0.1, 0.15) is 11.6 Å². The number of carbonyl (C=O) groups excluding carboxylic acids is 2. The molecule has 3 N–H and O–H groups in total. The average Bonchev–Trinajstić information content (AvgIpc) is 2.66. The van der Waals surface area contributed by atoms with Gasteiger partial charge in [0.2, 0.25) is 0 Å². The van der Waals surface area contributed by atoms with Crippen LogP contribution < -0.4 is 10.6 Å². The first-order chi connectivity index (χ1) is 13.3. The van der Waals surface area contributed by atoms with E-state index in [9.17, 15) is 23.1 Å². The Labute approximate surface area is 162 Å². The van der Waals surface area contributed by atoms with Crippen LogP contribution in [0.1, 0.15) is 16.8 Å². The summed E-state index contributed by atoms with van der Waals surface area (Å²) in [6.07, 6.45) is 5.13. The van der Waals surface area contributed by atoms with Gasteiger partial charge in [-0.2, -0.15) is 0 Å². The van der Waals surface area contributed by atoms with Gasteiger partial charge >= 0.3 is 0 Å². The molecule has 2 amide bonds. The first-order valence-electron chi connectivity index (χ1n) is 8.69. The molecule has 0 saturated heterocycles. The average molecular weight is 404 g/mol. The van der Waals surface area contributed by atoms with Crippen LogP contribution in [0.25, 0.3) is 0 Å². The molecule has 148 valence electrons. The second kappa shape index (κ2) is 8.26. The van der Waals surface area contributed by atoms with Gasteiger partial charge in [-0.3, -0.25) is 9.59 Å². The maximum Gasteiger partial charge on any atom is 0.256 e. The maximum atomic E-state index is 12.2. The minimum atomic E-state index is -3.42. The van der Waals surface area contributed by atoms with E-state index in [1.54, 1.807) is 23.2 Å². The summed E-state index contributed by atoms with van der Waals surface area (Å²) in [6.45, 7) is 0.980. The predicted octanol–water partition coefficient (Wildman–Crippen LogP) is 0.126. The Kier molecular flexibility index (Phi) is 5.78. The molecule has 2 aliphatic rings. The third-order valence-electron chi connectivity index (χ3n) is 4.12. The van der Waals surface area contributed by atoms with Crippen LogP contribution in [0.4, 0.5) is 0 Å². The molecule has 1 aromatic rings. The van der Waals surface area contributed by atoms with Crippen LogP contribution in [0.5, 0.6) is 5.75 Å². The lowest BCUT2D eigenvalue weighted by Gasteiger charge is -2.26. The van der Waals surface area contributed by atoms with Crippen LogP contribution in [0.15, 0.2) is 52.6 Å². The number of benzene rings is 1. The van der Waals surface area contributed by atoms with Gasteiger partial charge in [0.05, 0.1) is 11.3 Å². The molecule has 0 aromatic heterocycles. The number of nitrogens with one attached hydrogen (secondary N) is 2. The molecule has 9 nitrogen and oxygen atoms in total. The SMILES string of the molecule is O=C(NCCCNC(=O)c1cccc(O)c1)C1=CN2CCS(=O)(=O)N=C2C=C1. The molecule has 0 aliphatic carbocycles. The summed E-state index contributed by atoms with van der Waals surface area (Å²) in [5.74, 6) is -0.352. The highest BCUT2D eigenvalue weighted by molar-refractivity contribution is 7.90. The van der Waals surface area contributed by atoms with Crippen LogP contribution >= 0.6 is 0 Å². The van der Waals surface area contributed by atoms with Crippen LogP contribution in [0, 0.1) is 0 Å². The Hall–Kier alpha value is -3.14. The molecule has 0 atom stereocenters. The summed E-state index contributed by atoms with van der Waals surface area (Å²) < 4.78 is 26.6. The van der Waals surface area contributed by atoms with Crippen molar-refractivity contribution in [3.8, 4) is 5.75 Å². The highest BCUT2D eigenvalue weighted by Crippen LogP contribution is 2.15. The van der Waals surface area contributed by atoms with Gasteiger partial charge in [0.15, 0.2) is 0 Å². The largest absolute Gasteiger partial charge is 0.508 e. The van der Waals surface area contributed by atoms with Crippen molar-refractivity contribution >= 4 is 27.7 Å². The van der Waals surface area contributed by atoms with Gasteiger partial charge in [0, 0.05) is 31.4 Å². The van der Waals surface area contributed by atoms with E-state index in [4.69, 9.17) is 0 Å². The van der Waals surface area contributed by atoms with Crippen LogP contribution in [-0.2, 0) is 14.8 Å². The zero-order valence-electron chi connectivity index (χ0n) is 15.0. The van der Waals surface area contributed by atoms with Crippen LogP contribution in [0.3, 0.4) is 0 Å². The Balaban J connectivity index is 1.42. The zero-order chi connectivity index (χ0) is 20.1. The van der Waals surface area contributed by atoms with Gasteiger partial charge in [-0.15, -0.1) is 4.40 Å². The first-order valence-corrected chi connectivity index (χ1v) is 10.3. The first kappa shape index (κ1) is 19.6. The standard InChI is InChI=1S/C18H20N4O5S/c23-15-4-1-3-13(11-15)17(24)19-7-2-8-20-18(25)14-5-6-16-21-28(26,27)10-9-22(16)12-14/h1,3-6,11-12,23H,2,7-10H2,(H,19,24)(H,20,25). The van der Waals surface area contributed by atoms with Gasteiger partial charge in [-0.25, -0.2) is 8.42 Å². The maximum absolute atomic E-state index is 12.2. The van der Waals surface area contributed by atoms with E-state index in [0.717, 1.165) is 0 Å². The fraction of sp³-hybridized carbons (Fsp3) is 0.278. The van der Waals surface area contributed by atoms with Crippen molar-refractivity contribution in [1.82, 2.24) is 15.5 Å². The number of hydrogen-bond donors (Lipinski definition) is 3. The summed E-state index contributed by atoms with van der Waals surface area (Å²) in [4.78, 5) is 25.8. The number of sulfonamides is 1. The second-order valence-corrected chi connectivity index (χ2v) is 8.02. The third kappa shape index (κ3) is 4.97. The van der Waals surface area contributed by atoms with E-state index in [1.165, 1.54) is 24.3 Å². The third-order valence-corrected chi connectivity index (χ3v) is 5.28. The molecule has 2 aliphatic heterocycles. The number of amidine groups is 1. The molecule has 0 fully saturated rings. The smallest absolute Gasteiger partial charge is 0.256 e. The molecule has 0 saturated carbocycles. The van der Waals surface area contributed by atoms with Crippen molar-refractivity contribution in [3.05, 3.63) is 53.8 Å². The normalized spacial score (nSPS) is 17.2. The number of aromatic hydroxyl groups is 1. The molecular weight excluding hydrogens is 384 g/mol. The molecule has 2 heterocycles. The number of phenolic OH excluding ortho intramolecular Hbond substituents is 1. The summed E-state index contributed by atoms with van der Waals surface area (Å²) >= 11 is 0. The van der Waals surface area contributed by atoms with Crippen LogP contribution in [-0.4, -0.2) is 61.5 Å². The number of amides is 2. The van der Waals surface area contributed by atoms with E-state index >= 15 is 0 Å². The highest BCUT2D eigenvalue weighted by Gasteiger charge is 2.24. The van der Waals surface area contributed by atoms with Crippen molar-refractivity contribution in [2.75, 3.05) is 25.4 Å². The van der Waals surface area contributed by atoms with Gasteiger partial charge < -0.3 is 20.6 Å². The molecule has 10 heteroatoms. The number of nitrogens with zero attached hydrogens (tertiary/aromatic N) is 2. The molecule has 3 rings (SSSR count). The van der Waals surface area contributed by atoms with E-state index in [1.807, 2.05) is 0 Å². The number of phenols is 1. The summed E-state index contributed by atoms with van der Waals surface area (Å²) in [7, 11) is -3.42. The van der Waals surface area contributed by atoms with Crippen molar-refractivity contribution in [2.45, 2.75) is 6.42 Å². The number of carbonyl (C=O) groups is 2.